The molecule has 1 saturated heterocycles. The monoisotopic (exact) mass is 344 g/mol. The van der Waals surface area contributed by atoms with Crippen LogP contribution in [0, 0.1) is 5.41 Å². The van der Waals surface area contributed by atoms with E-state index in [-0.39, 0.29) is 5.60 Å². The smallest absolute Gasteiger partial charge is 0.146 e. The first kappa shape index (κ1) is 21.8. The van der Waals surface area contributed by atoms with Crippen LogP contribution in [0.5, 0.6) is 0 Å². The van der Waals surface area contributed by atoms with Gasteiger partial charge in [0.1, 0.15) is 6.79 Å². The van der Waals surface area contributed by atoms with Crippen LogP contribution in [0.15, 0.2) is 0 Å². The van der Waals surface area contributed by atoms with Crippen LogP contribution < -0.4 is 0 Å². The van der Waals surface area contributed by atoms with E-state index < -0.39 is 0 Å². The average Bonchev–Trinajstić information content (AvgIpc) is 2.45. The zero-order valence-electron chi connectivity index (χ0n) is 16.9. The Balaban J connectivity index is 1.95. The van der Waals surface area contributed by atoms with Gasteiger partial charge in [0.05, 0.1) is 18.8 Å². The summed E-state index contributed by atoms with van der Waals surface area (Å²) in [6.07, 6.45) is 1.07. The van der Waals surface area contributed by atoms with Crippen LogP contribution in [0.3, 0.4) is 0 Å². The lowest BCUT2D eigenvalue weighted by Crippen LogP contribution is -2.48. The fraction of sp³-hybridized carbons (Fsp3) is 1.00. The van der Waals surface area contributed by atoms with Gasteiger partial charge in [0, 0.05) is 45.9 Å². The first-order valence-electron chi connectivity index (χ1n) is 9.40. The second kappa shape index (κ2) is 10.7. The van der Waals surface area contributed by atoms with Crippen molar-refractivity contribution in [3.63, 3.8) is 0 Å². The van der Waals surface area contributed by atoms with Gasteiger partial charge in [0.25, 0.3) is 0 Å². The van der Waals surface area contributed by atoms with Gasteiger partial charge in [-0.25, -0.2) is 0 Å². The van der Waals surface area contributed by atoms with Crippen molar-refractivity contribution in [2.45, 2.75) is 53.6 Å². The maximum absolute atomic E-state index is 5.80. The van der Waals surface area contributed by atoms with E-state index in [2.05, 4.69) is 51.3 Å². The summed E-state index contributed by atoms with van der Waals surface area (Å²) in [5, 5.41) is 0. The van der Waals surface area contributed by atoms with Gasteiger partial charge in [-0.2, -0.15) is 0 Å². The molecule has 1 heterocycles. The highest BCUT2D eigenvalue weighted by Gasteiger charge is 2.17. The summed E-state index contributed by atoms with van der Waals surface area (Å²) in [4.78, 5) is 4.95. The van der Waals surface area contributed by atoms with Crippen LogP contribution in [0.25, 0.3) is 0 Å². The van der Waals surface area contributed by atoms with Gasteiger partial charge in [0.2, 0.25) is 0 Å². The Hall–Kier alpha value is -0.200. The van der Waals surface area contributed by atoms with E-state index in [0.29, 0.717) is 12.2 Å². The summed E-state index contributed by atoms with van der Waals surface area (Å²) < 4.78 is 16.9. The second-order valence-corrected chi connectivity index (χ2v) is 8.89. The lowest BCUT2D eigenvalue weighted by atomic mass is 9.93. The molecule has 0 bridgehead atoms. The van der Waals surface area contributed by atoms with Crippen molar-refractivity contribution in [3.8, 4) is 0 Å². The maximum Gasteiger partial charge on any atom is 0.146 e. The Morgan fingerprint density at radius 2 is 1.21 bits per heavy atom. The average molecular weight is 345 g/mol. The molecule has 0 spiro atoms. The third kappa shape index (κ3) is 12.2. The standard InChI is InChI=1S/C19H40N2O3/c1-18(2,3)7-14-22-17-23-15-12-20-8-10-21(11-9-20)13-16-24-19(4,5)6/h7-17H2,1-6H3. The number of piperazine rings is 1. The van der Waals surface area contributed by atoms with Crippen molar-refractivity contribution in [3.05, 3.63) is 0 Å². The van der Waals surface area contributed by atoms with E-state index in [1.165, 1.54) is 0 Å². The summed E-state index contributed by atoms with van der Waals surface area (Å²) in [6, 6.07) is 0. The SMILES string of the molecule is CC(C)(C)CCOCOCCN1CCN(CCOC(C)(C)C)CC1. The molecule has 1 aliphatic rings. The van der Waals surface area contributed by atoms with Crippen molar-refractivity contribution in [2.75, 3.05) is 65.9 Å². The molecule has 24 heavy (non-hydrogen) atoms. The molecule has 1 fully saturated rings. The molecule has 1 aliphatic heterocycles. The third-order valence-corrected chi connectivity index (χ3v) is 4.12. The van der Waals surface area contributed by atoms with Crippen molar-refractivity contribution in [1.82, 2.24) is 9.80 Å². The van der Waals surface area contributed by atoms with Gasteiger partial charge in [-0.05, 0) is 32.6 Å². The zero-order valence-corrected chi connectivity index (χ0v) is 16.9. The van der Waals surface area contributed by atoms with Gasteiger partial charge in [-0.15, -0.1) is 0 Å². The summed E-state index contributed by atoms with van der Waals surface area (Å²) >= 11 is 0. The highest BCUT2D eigenvalue weighted by Crippen LogP contribution is 2.17. The minimum atomic E-state index is -0.0336. The number of rotatable bonds is 10. The Kier molecular flexibility index (Phi) is 9.75. The highest BCUT2D eigenvalue weighted by molar-refractivity contribution is 4.72. The number of nitrogens with zero attached hydrogens (tertiary/aromatic N) is 2. The van der Waals surface area contributed by atoms with Crippen LogP contribution in [0.1, 0.15) is 48.0 Å². The lowest BCUT2D eigenvalue weighted by Gasteiger charge is -2.35. The zero-order chi connectivity index (χ0) is 18.1. The Morgan fingerprint density at radius 1 is 0.708 bits per heavy atom. The molecule has 0 radical (unpaired) electrons. The molecule has 0 aromatic carbocycles. The minimum Gasteiger partial charge on any atom is -0.375 e. The summed E-state index contributed by atoms with van der Waals surface area (Å²) in [5.41, 5.74) is 0.297. The van der Waals surface area contributed by atoms with Gasteiger partial charge in [-0.1, -0.05) is 20.8 Å². The van der Waals surface area contributed by atoms with E-state index in [1.807, 2.05) is 0 Å². The second-order valence-electron chi connectivity index (χ2n) is 8.89. The van der Waals surface area contributed by atoms with Gasteiger partial charge in [-0.3, -0.25) is 9.80 Å². The predicted octanol–water partition coefficient (Wildman–Crippen LogP) is 2.85. The van der Waals surface area contributed by atoms with Crippen LogP contribution in [-0.2, 0) is 14.2 Å². The molecular weight excluding hydrogens is 304 g/mol. The van der Waals surface area contributed by atoms with E-state index in [1.54, 1.807) is 0 Å². The molecule has 0 aromatic rings. The molecule has 5 heteroatoms. The van der Waals surface area contributed by atoms with E-state index >= 15 is 0 Å². The van der Waals surface area contributed by atoms with Crippen LogP contribution in [0.4, 0.5) is 0 Å². The topological polar surface area (TPSA) is 34.2 Å². The minimum absolute atomic E-state index is 0.0336. The summed E-state index contributed by atoms with van der Waals surface area (Å²) in [6.45, 7) is 22.3. The molecule has 0 unspecified atom stereocenters. The molecule has 0 aromatic heterocycles. The molecule has 0 atom stereocenters. The van der Waals surface area contributed by atoms with Crippen molar-refractivity contribution in [2.24, 2.45) is 5.41 Å². The number of ether oxygens (including phenoxy) is 3. The van der Waals surface area contributed by atoms with Crippen LogP contribution >= 0.6 is 0 Å². The fourth-order valence-corrected chi connectivity index (χ4v) is 2.47. The molecule has 144 valence electrons. The normalized spacial score (nSPS) is 18.2. The van der Waals surface area contributed by atoms with Crippen molar-refractivity contribution < 1.29 is 14.2 Å². The van der Waals surface area contributed by atoms with Crippen LogP contribution in [-0.4, -0.2) is 81.3 Å². The molecular formula is C19H40N2O3. The third-order valence-electron chi connectivity index (χ3n) is 4.12. The van der Waals surface area contributed by atoms with Gasteiger partial charge >= 0.3 is 0 Å². The van der Waals surface area contributed by atoms with E-state index in [9.17, 15) is 0 Å². The van der Waals surface area contributed by atoms with E-state index in [4.69, 9.17) is 14.2 Å². The number of hydrogen-bond acceptors (Lipinski definition) is 5. The molecule has 0 aliphatic carbocycles. The molecule has 0 amide bonds. The molecule has 0 saturated carbocycles. The van der Waals surface area contributed by atoms with Crippen molar-refractivity contribution >= 4 is 0 Å². The highest BCUT2D eigenvalue weighted by atomic mass is 16.7. The number of hydrogen-bond donors (Lipinski definition) is 0. The quantitative estimate of drug-likeness (QED) is 0.450. The Labute approximate surface area is 149 Å². The first-order chi connectivity index (χ1) is 11.2. The van der Waals surface area contributed by atoms with Gasteiger partial charge in [0.15, 0.2) is 0 Å². The largest absolute Gasteiger partial charge is 0.375 e. The molecule has 1 rings (SSSR count). The molecule has 5 nitrogen and oxygen atoms in total. The fourth-order valence-electron chi connectivity index (χ4n) is 2.47. The van der Waals surface area contributed by atoms with E-state index in [0.717, 1.165) is 65.5 Å². The molecule has 0 N–H and O–H groups in total. The Bertz CT molecular complexity index is 316. The summed E-state index contributed by atoms with van der Waals surface area (Å²) in [5.74, 6) is 0. The van der Waals surface area contributed by atoms with Crippen LogP contribution in [0.2, 0.25) is 0 Å². The lowest BCUT2D eigenvalue weighted by molar-refractivity contribution is -0.0659. The van der Waals surface area contributed by atoms with Gasteiger partial charge < -0.3 is 14.2 Å². The van der Waals surface area contributed by atoms with Crippen molar-refractivity contribution in [1.29, 1.82) is 0 Å². The summed E-state index contributed by atoms with van der Waals surface area (Å²) in [7, 11) is 0. The Morgan fingerprint density at radius 3 is 1.71 bits per heavy atom. The predicted molar refractivity (Wildman–Crippen MR) is 99.4 cm³/mol. The maximum atomic E-state index is 5.80. The first-order valence-corrected chi connectivity index (χ1v) is 9.40.